The van der Waals surface area contributed by atoms with Gasteiger partial charge in [-0.1, -0.05) is 0 Å². The van der Waals surface area contributed by atoms with E-state index in [1.54, 1.807) is 23.0 Å². The summed E-state index contributed by atoms with van der Waals surface area (Å²) in [6.07, 6.45) is 1.93. The fourth-order valence-corrected chi connectivity index (χ4v) is 5.16. The Balaban J connectivity index is 1.04. The lowest BCUT2D eigenvalue weighted by atomic mass is 9.98. The van der Waals surface area contributed by atoms with E-state index >= 15 is 0 Å². The number of aromatic nitrogens is 2. The van der Waals surface area contributed by atoms with Gasteiger partial charge in [-0.05, 0) is 48.5 Å². The maximum atomic E-state index is 13.3. The summed E-state index contributed by atoms with van der Waals surface area (Å²) < 4.78 is 15.2. The van der Waals surface area contributed by atoms with E-state index in [1.807, 2.05) is 39.9 Å². The van der Waals surface area contributed by atoms with Crippen molar-refractivity contribution in [1.82, 2.24) is 24.7 Å². The third kappa shape index (κ3) is 3.76. The maximum Gasteiger partial charge on any atom is 0.271 e. The van der Waals surface area contributed by atoms with Crippen LogP contribution in [0.15, 0.2) is 65.6 Å². The Morgan fingerprint density at radius 2 is 1.82 bits per heavy atom. The molecule has 0 bridgehead atoms. The van der Waals surface area contributed by atoms with E-state index in [9.17, 15) is 14.0 Å². The van der Waals surface area contributed by atoms with Gasteiger partial charge in [0.25, 0.3) is 11.8 Å². The molecule has 2 saturated heterocycles. The summed E-state index contributed by atoms with van der Waals surface area (Å²) in [7, 11) is 0. The molecule has 7 nitrogen and oxygen atoms in total. The van der Waals surface area contributed by atoms with Gasteiger partial charge in [-0.3, -0.25) is 14.5 Å². The smallest absolute Gasteiger partial charge is 0.271 e. The monoisotopic (exact) mass is 475 g/mol. The molecule has 2 amide bonds. The largest absolute Gasteiger partial charge is 0.345 e. The topological polar surface area (TPSA) is 70.5 Å². The Hall–Kier alpha value is -3.56. The molecule has 172 valence electrons. The van der Waals surface area contributed by atoms with Gasteiger partial charge in [0.2, 0.25) is 0 Å². The number of carbonyl (C=O) groups is 2. The number of halogens is 1. The van der Waals surface area contributed by atoms with Crippen molar-refractivity contribution in [1.29, 1.82) is 0 Å². The molecule has 0 saturated carbocycles. The summed E-state index contributed by atoms with van der Waals surface area (Å²) in [4.78, 5) is 33.3. The molecule has 1 N–H and O–H groups in total. The van der Waals surface area contributed by atoms with Crippen molar-refractivity contribution < 1.29 is 14.0 Å². The molecule has 34 heavy (non-hydrogen) atoms. The number of nitrogens with zero attached hydrogens (tertiary/aromatic N) is 4. The van der Waals surface area contributed by atoms with Gasteiger partial charge >= 0.3 is 0 Å². The molecule has 4 heterocycles. The third-order valence-electron chi connectivity index (χ3n) is 6.62. The molecule has 2 fully saturated rings. The first kappa shape index (κ1) is 21.0. The molecule has 9 heteroatoms. The van der Waals surface area contributed by atoms with E-state index in [2.05, 4.69) is 15.2 Å². The highest BCUT2D eigenvalue weighted by atomic mass is 32.1. The van der Waals surface area contributed by atoms with Crippen LogP contribution in [0.3, 0.4) is 0 Å². The Kier molecular flexibility index (Phi) is 5.15. The van der Waals surface area contributed by atoms with Crippen LogP contribution in [0.1, 0.15) is 20.8 Å². The molecule has 4 aromatic rings. The number of benzene rings is 2. The second kappa shape index (κ2) is 8.34. The molecule has 2 aromatic heterocycles. The van der Waals surface area contributed by atoms with Gasteiger partial charge in [0, 0.05) is 60.4 Å². The first-order valence-corrected chi connectivity index (χ1v) is 12.1. The standard InChI is InChI=1S/C25H22FN5O2S/c26-18-2-4-20(5-3-18)31-8-7-16-9-17(1-6-23(16)31)25(33)30-12-21(13-30)29-10-19(11-29)28-24(32)22-14-34-15-27-22/h1-9,14-15,19,21H,10-13H2,(H,28,32). The summed E-state index contributed by atoms with van der Waals surface area (Å²) in [6.45, 7) is 2.98. The normalized spacial score (nSPS) is 16.9. The minimum Gasteiger partial charge on any atom is -0.345 e. The first-order valence-electron chi connectivity index (χ1n) is 11.1. The van der Waals surface area contributed by atoms with Crippen molar-refractivity contribution in [2.75, 3.05) is 26.2 Å². The average Bonchev–Trinajstić information content (AvgIpc) is 3.46. The van der Waals surface area contributed by atoms with Crippen molar-refractivity contribution in [3.8, 4) is 5.69 Å². The molecule has 2 aliphatic heterocycles. The van der Waals surface area contributed by atoms with Crippen LogP contribution in [0.4, 0.5) is 4.39 Å². The van der Waals surface area contributed by atoms with Gasteiger partial charge in [0.1, 0.15) is 11.5 Å². The number of hydrogen-bond acceptors (Lipinski definition) is 5. The van der Waals surface area contributed by atoms with Crippen LogP contribution in [0.5, 0.6) is 0 Å². The second-order valence-electron chi connectivity index (χ2n) is 8.80. The lowest BCUT2D eigenvalue weighted by molar-refractivity contribution is -0.00943. The molecule has 0 aliphatic carbocycles. The van der Waals surface area contributed by atoms with E-state index in [4.69, 9.17) is 0 Å². The van der Waals surface area contributed by atoms with Crippen LogP contribution < -0.4 is 5.32 Å². The minimum atomic E-state index is -0.268. The van der Waals surface area contributed by atoms with E-state index in [0.717, 1.165) is 29.7 Å². The zero-order chi connectivity index (χ0) is 23.2. The maximum absolute atomic E-state index is 13.3. The fraction of sp³-hybridized carbons (Fsp3) is 0.240. The highest BCUT2D eigenvalue weighted by molar-refractivity contribution is 7.07. The van der Waals surface area contributed by atoms with Gasteiger partial charge < -0.3 is 14.8 Å². The Morgan fingerprint density at radius 1 is 1.03 bits per heavy atom. The molecule has 2 aromatic carbocycles. The minimum absolute atomic E-state index is 0.0293. The van der Waals surface area contributed by atoms with E-state index in [0.29, 0.717) is 30.4 Å². The van der Waals surface area contributed by atoms with Crippen molar-refractivity contribution in [2.45, 2.75) is 12.1 Å². The Morgan fingerprint density at radius 3 is 2.56 bits per heavy atom. The van der Waals surface area contributed by atoms with Crippen molar-refractivity contribution >= 4 is 34.1 Å². The zero-order valence-corrected chi connectivity index (χ0v) is 19.0. The number of thiazole rings is 1. The summed E-state index contributed by atoms with van der Waals surface area (Å²) in [5.74, 6) is -0.364. The summed E-state index contributed by atoms with van der Waals surface area (Å²) >= 11 is 1.41. The lowest BCUT2D eigenvalue weighted by Crippen LogP contribution is -2.70. The average molecular weight is 476 g/mol. The molecule has 2 aliphatic rings. The lowest BCUT2D eigenvalue weighted by Gasteiger charge is -2.51. The molecule has 0 spiro atoms. The predicted molar refractivity (Wildman–Crippen MR) is 128 cm³/mol. The van der Waals surface area contributed by atoms with Crippen molar-refractivity contribution in [2.24, 2.45) is 0 Å². The molecule has 0 radical (unpaired) electrons. The number of likely N-dealkylation sites (tertiary alicyclic amines) is 2. The highest BCUT2D eigenvalue weighted by Crippen LogP contribution is 2.26. The van der Waals surface area contributed by atoms with Gasteiger partial charge in [0.05, 0.1) is 17.1 Å². The van der Waals surface area contributed by atoms with Gasteiger partial charge in [-0.2, -0.15) is 0 Å². The zero-order valence-electron chi connectivity index (χ0n) is 18.2. The summed E-state index contributed by atoms with van der Waals surface area (Å²) in [5.41, 5.74) is 4.63. The van der Waals surface area contributed by atoms with Crippen LogP contribution in [-0.2, 0) is 0 Å². The SMILES string of the molecule is O=C(NC1CN(C2CN(C(=O)c3ccc4c(ccn4-c4ccc(F)cc4)c3)C2)C1)c1cscn1. The number of amides is 2. The van der Waals surface area contributed by atoms with Gasteiger partial charge in [-0.25, -0.2) is 9.37 Å². The van der Waals surface area contributed by atoms with E-state index in [1.165, 1.54) is 23.5 Å². The van der Waals surface area contributed by atoms with Crippen molar-refractivity contribution in [3.05, 3.63) is 82.7 Å². The Labute approximate surface area is 199 Å². The second-order valence-corrected chi connectivity index (χ2v) is 9.52. The molecular formula is C25H22FN5O2S. The first-order chi connectivity index (χ1) is 16.5. The van der Waals surface area contributed by atoms with Crippen LogP contribution in [-0.4, -0.2) is 69.4 Å². The molecule has 6 rings (SSSR count). The number of fused-ring (bicyclic) bond motifs is 1. The summed E-state index contributed by atoms with van der Waals surface area (Å²) in [6, 6.07) is 14.5. The molecule has 0 unspecified atom stereocenters. The Bertz CT molecular complexity index is 1360. The highest BCUT2D eigenvalue weighted by Gasteiger charge is 2.41. The quantitative estimate of drug-likeness (QED) is 0.482. The van der Waals surface area contributed by atoms with E-state index < -0.39 is 0 Å². The number of rotatable bonds is 5. The van der Waals surface area contributed by atoms with Crippen LogP contribution in [0, 0.1) is 5.82 Å². The predicted octanol–water partition coefficient (Wildman–Crippen LogP) is 3.16. The number of carbonyl (C=O) groups excluding carboxylic acids is 2. The molecule has 0 atom stereocenters. The van der Waals surface area contributed by atoms with Gasteiger partial charge in [0.15, 0.2) is 0 Å². The summed E-state index contributed by atoms with van der Waals surface area (Å²) in [5, 5.41) is 5.72. The van der Waals surface area contributed by atoms with Crippen LogP contribution >= 0.6 is 11.3 Å². The number of nitrogens with one attached hydrogen (secondary N) is 1. The van der Waals surface area contributed by atoms with Crippen molar-refractivity contribution in [3.63, 3.8) is 0 Å². The van der Waals surface area contributed by atoms with Crippen LogP contribution in [0.2, 0.25) is 0 Å². The third-order valence-corrected chi connectivity index (χ3v) is 7.20. The fourth-order valence-electron chi connectivity index (χ4n) is 4.62. The van der Waals surface area contributed by atoms with E-state index in [-0.39, 0.29) is 23.7 Å². The molecular weight excluding hydrogens is 453 g/mol. The number of hydrogen-bond donors (Lipinski definition) is 1. The van der Waals surface area contributed by atoms with Crippen LogP contribution in [0.25, 0.3) is 16.6 Å². The van der Waals surface area contributed by atoms with Gasteiger partial charge in [-0.15, -0.1) is 11.3 Å².